The fourth-order valence-electron chi connectivity index (χ4n) is 1.41. The van der Waals surface area contributed by atoms with Crippen LogP contribution in [-0.2, 0) is 4.79 Å². The van der Waals surface area contributed by atoms with Gasteiger partial charge in [0, 0.05) is 12.0 Å². The average molecular weight is 219 g/mol. The van der Waals surface area contributed by atoms with Crippen molar-refractivity contribution >= 4 is 5.91 Å². The van der Waals surface area contributed by atoms with Crippen LogP contribution in [0.3, 0.4) is 0 Å². The zero-order chi connectivity index (χ0) is 12.2. The number of carbonyl (C=O) groups is 1. The van der Waals surface area contributed by atoms with Gasteiger partial charge in [0.15, 0.2) is 0 Å². The van der Waals surface area contributed by atoms with Crippen LogP contribution < -0.4 is 5.32 Å². The van der Waals surface area contributed by atoms with Gasteiger partial charge in [-0.15, -0.1) is 0 Å². The Balaban J connectivity index is 2.48. The number of nitrogens with one attached hydrogen (secondary N) is 1. The Bertz CT molecular complexity index is 338. The summed E-state index contributed by atoms with van der Waals surface area (Å²) in [4.78, 5) is 11.7. The zero-order valence-electron chi connectivity index (χ0n) is 10.6. The quantitative estimate of drug-likeness (QED) is 0.832. The van der Waals surface area contributed by atoms with Crippen molar-refractivity contribution < 1.29 is 4.79 Å². The summed E-state index contributed by atoms with van der Waals surface area (Å²) in [6, 6.07) is 10.2. The number of amides is 1. The molecule has 0 heterocycles. The summed E-state index contributed by atoms with van der Waals surface area (Å²) in [6.07, 6.45) is 0. The lowest BCUT2D eigenvalue weighted by Gasteiger charge is -2.20. The average Bonchev–Trinajstić information content (AvgIpc) is 2.25. The molecule has 0 radical (unpaired) electrons. The van der Waals surface area contributed by atoms with Crippen molar-refractivity contribution in [3.63, 3.8) is 0 Å². The van der Waals surface area contributed by atoms with Crippen LogP contribution in [0.25, 0.3) is 0 Å². The Morgan fingerprint density at radius 2 is 1.81 bits per heavy atom. The molecule has 0 fully saturated rings. The molecule has 1 rings (SSSR count). The minimum Gasteiger partial charge on any atom is -0.355 e. The van der Waals surface area contributed by atoms with E-state index in [1.54, 1.807) is 0 Å². The van der Waals surface area contributed by atoms with Crippen molar-refractivity contribution in [2.24, 2.45) is 5.41 Å². The van der Waals surface area contributed by atoms with Gasteiger partial charge in [-0.05, 0) is 11.5 Å². The topological polar surface area (TPSA) is 29.1 Å². The Labute approximate surface area is 98.1 Å². The van der Waals surface area contributed by atoms with Crippen molar-refractivity contribution in [3.8, 4) is 0 Å². The Kier molecular flexibility index (Phi) is 4.11. The molecule has 0 aliphatic rings. The molecule has 0 aromatic heterocycles. The van der Waals surface area contributed by atoms with E-state index in [9.17, 15) is 4.79 Å². The van der Waals surface area contributed by atoms with Crippen LogP contribution >= 0.6 is 0 Å². The second kappa shape index (κ2) is 5.15. The second-order valence-electron chi connectivity index (χ2n) is 5.27. The maximum Gasteiger partial charge on any atom is 0.225 e. The molecule has 16 heavy (non-hydrogen) atoms. The molecular weight excluding hydrogens is 198 g/mol. The molecule has 1 unspecified atom stereocenters. The number of rotatable bonds is 3. The van der Waals surface area contributed by atoms with Crippen molar-refractivity contribution in [1.29, 1.82) is 0 Å². The van der Waals surface area contributed by atoms with E-state index in [1.807, 2.05) is 39.0 Å². The molecule has 0 aliphatic carbocycles. The molecule has 0 saturated heterocycles. The number of hydrogen-bond donors (Lipinski definition) is 1. The van der Waals surface area contributed by atoms with Crippen LogP contribution in [0.1, 0.15) is 39.2 Å². The highest BCUT2D eigenvalue weighted by Gasteiger charge is 2.21. The Morgan fingerprint density at radius 1 is 1.25 bits per heavy atom. The summed E-state index contributed by atoms with van der Waals surface area (Å²) in [6.45, 7) is 8.60. The van der Waals surface area contributed by atoms with Crippen LogP contribution in [0.2, 0.25) is 0 Å². The first-order valence-corrected chi connectivity index (χ1v) is 5.74. The lowest BCUT2D eigenvalue weighted by atomic mass is 9.95. The predicted molar refractivity (Wildman–Crippen MR) is 67.3 cm³/mol. The molecule has 1 N–H and O–H groups in total. The highest BCUT2D eigenvalue weighted by Crippen LogP contribution is 2.16. The maximum atomic E-state index is 11.7. The lowest BCUT2D eigenvalue weighted by molar-refractivity contribution is -0.128. The highest BCUT2D eigenvalue weighted by atomic mass is 16.2. The van der Waals surface area contributed by atoms with Gasteiger partial charge in [-0.25, -0.2) is 0 Å². The van der Waals surface area contributed by atoms with Gasteiger partial charge in [0.1, 0.15) is 0 Å². The van der Waals surface area contributed by atoms with E-state index in [4.69, 9.17) is 0 Å². The second-order valence-corrected chi connectivity index (χ2v) is 5.27. The molecule has 0 aliphatic heterocycles. The van der Waals surface area contributed by atoms with Crippen molar-refractivity contribution in [2.45, 2.75) is 33.6 Å². The summed E-state index contributed by atoms with van der Waals surface area (Å²) >= 11 is 0. The number of carbonyl (C=O) groups excluding carboxylic acids is 1. The van der Waals surface area contributed by atoms with Crippen molar-refractivity contribution in [1.82, 2.24) is 5.32 Å². The normalized spacial score (nSPS) is 13.2. The lowest BCUT2D eigenvalue weighted by Crippen LogP contribution is -2.36. The maximum absolute atomic E-state index is 11.7. The summed E-state index contributed by atoms with van der Waals surface area (Å²) in [7, 11) is 0. The van der Waals surface area contributed by atoms with Crippen LogP contribution in [0.5, 0.6) is 0 Å². The van der Waals surface area contributed by atoms with E-state index in [2.05, 4.69) is 24.4 Å². The summed E-state index contributed by atoms with van der Waals surface area (Å²) in [5.74, 6) is 0.461. The van der Waals surface area contributed by atoms with Crippen molar-refractivity contribution in [3.05, 3.63) is 35.9 Å². The SMILES string of the molecule is CC(CNC(=O)C(C)(C)C)c1ccccc1. The minimum atomic E-state index is -0.309. The van der Waals surface area contributed by atoms with E-state index in [0.717, 1.165) is 0 Å². The van der Waals surface area contributed by atoms with Crippen LogP contribution in [0.15, 0.2) is 30.3 Å². The van der Waals surface area contributed by atoms with Crippen LogP contribution in [-0.4, -0.2) is 12.5 Å². The standard InChI is InChI=1S/C14H21NO/c1-11(12-8-6-5-7-9-12)10-15-13(16)14(2,3)4/h5-9,11H,10H2,1-4H3,(H,15,16). The van der Waals surface area contributed by atoms with E-state index in [0.29, 0.717) is 12.5 Å². The first-order valence-electron chi connectivity index (χ1n) is 5.74. The minimum absolute atomic E-state index is 0.107. The Hall–Kier alpha value is -1.31. The third-order valence-electron chi connectivity index (χ3n) is 2.62. The van der Waals surface area contributed by atoms with Gasteiger partial charge in [0.2, 0.25) is 5.91 Å². The van der Waals surface area contributed by atoms with Gasteiger partial charge < -0.3 is 5.32 Å². The molecular formula is C14H21NO. The smallest absolute Gasteiger partial charge is 0.225 e. The van der Waals surface area contributed by atoms with Gasteiger partial charge in [0.05, 0.1) is 0 Å². The molecule has 1 amide bonds. The number of benzene rings is 1. The van der Waals surface area contributed by atoms with Gasteiger partial charge >= 0.3 is 0 Å². The molecule has 1 atom stereocenters. The summed E-state index contributed by atoms with van der Waals surface area (Å²) < 4.78 is 0. The van der Waals surface area contributed by atoms with Crippen LogP contribution in [0.4, 0.5) is 0 Å². The molecule has 0 saturated carbocycles. The van der Waals surface area contributed by atoms with E-state index in [1.165, 1.54) is 5.56 Å². The van der Waals surface area contributed by atoms with Gasteiger partial charge in [0.25, 0.3) is 0 Å². The van der Waals surface area contributed by atoms with Gasteiger partial charge in [-0.3, -0.25) is 4.79 Å². The Morgan fingerprint density at radius 3 is 2.31 bits per heavy atom. The number of hydrogen-bond acceptors (Lipinski definition) is 1. The molecule has 2 nitrogen and oxygen atoms in total. The highest BCUT2D eigenvalue weighted by molar-refractivity contribution is 5.81. The fourth-order valence-corrected chi connectivity index (χ4v) is 1.41. The van der Waals surface area contributed by atoms with E-state index < -0.39 is 0 Å². The predicted octanol–water partition coefficient (Wildman–Crippen LogP) is 2.95. The summed E-state index contributed by atoms with van der Waals surface area (Å²) in [5.41, 5.74) is 0.952. The largest absolute Gasteiger partial charge is 0.355 e. The molecule has 88 valence electrons. The molecule has 1 aromatic rings. The molecule has 2 heteroatoms. The van der Waals surface area contributed by atoms with E-state index in [-0.39, 0.29) is 11.3 Å². The first kappa shape index (κ1) is 12.8. The van der Waals surface area contributed by atoms with Crippen LogP contribution in [0, 0.1) is 5.41 Å². The summed E-state index contributed by atoms with van der Waals surface area (Å²) in [5, 5.41) is 2.98. The van der Waals surface area contributed by atoms with E-state index >= 15 is 0 Å². The van der Waals surface area contributed by atoms with Gasteiger partial charge in [-0.1, -0.05) is 58.0 Å². The van der Waals surface area contributed by atoms with Crippen molar-refractivity contribution in [2.75, 3.05) is 6.54 Å². The third kappa shape index (κ3) is 3.69. The molecule has 1 aromatic carbocycles. The molecule has 0 bridgehead atoms. The van der Waals surface area contributed by atoms with Gasteiger partial charge in [-0.2, -0.15) is 0 Å². The third-order valence-corrected chi connectivity index (χ3v) is 2.62. The first-order chi connectivity index (χ1) is 7.41. The fraction of sp³-hybridized carbons (Fsp3) is 0.500. The zero-order valence-corrected chi connectivity index (χ0v) is 10.6. The molecule has 0 spiro atoms. The monoisotopic (exact) mass is 219 g/mol.